The summed E-state index contributed by atoms with van der Waals surface area (Å²) >= 11 is 1.52. The van der Waals surface area contributed by atoms with Gasteiger partial charge in [-0.3, -0.25) is 14.4 Å². The smallest absolute Gasteiger partial charge is 0.250 e. The average Bonchev–Trinajstić information content (AvgIpc) is 3.62. The van der Waals surface area contributed by atoms with Crippen LogP contribution in [0.5, 0.6) is 0 Å². The van der Waals surface area contributed by atoms with E-state index in [9.17, 15) is 14.4 Å². The number of amides is 3. The molecule has 0 aliphatic carbocycles. The number of carbonyl (C=O) groups is 3. The molecule has 1 saturated heterocycles. The Kier molecular flexibility index (Phi) is 7.85. The van der Waals surface area contributed by atoms with Crippen molar-refractivity contribution in [3.8, 4) is 0 Å². The molecule has 1 fully saturated rings. The number of nitrogens with one attached hydrogen (secondary N) is 2. The molecule has 36 heavy (non-hydrogen) atoms. The van der Waals surface area contributed by atoms with E-state index in [1.54, 1.807) is 30.9 Å². The van der Waals surface area contributed by atoms with Crippen molar-refractivity contribution in [2.45, 2.75) is 50.7 Å². The van der Waals surface area contributed by atoms with Gasteiger partial charge in [0.05, 0.1) is 11.9 Å². The largest absolute Gasteiger partial charge is 0.342 e. The van der Waals surface area contributed by atoms with E-state index in [4.69, 9.17) is 5.73 Å². The van der Waals surface area contributed by atoms with E-state index in [-0.39, 0.29) is 5.91 Å². The van der Waals surface area contributed by atoms with E-state index in [1.807, 2.05) is 52.1 Å². The van der Waals surface area contributed by atoms with Gasteiger partial charge in [0.1, 0.15) is 12.1 Å². The zero-order valence-electron chi connectivity index (χ0n) is 20.5. The van der Waals surface area contributed by atoms with Crippen LogP contribution in [0.2, 0.25) is 0 Å². The van der Waals surface area contributed by atoms with Crippen molar-refractivity contribution < 1.29 is 14.4 Å². The van der Waals surface area contributed by atoms with Crippen LogP contribution in [-0.4, -0.2) is 56.8 Å². The molecule has 0 bridgehead atoms. The summed E-state index contributed by atoms with van der Waals surface area (Å²) in [4.78, 5) is 45.4. The topological polar surface area (TPSA) is 122 Å². The molecule has 0 radical (unpaired) electrons. The molecule has 3 aromatic rings. The van der Waals surface area contributed by atoms with Crippen molar-refractivity contribution in [3.63, 3.8) is 0 Å². The van der Waals surface area contributed by atoms with Gasteiger partial charge in [0.25, 0.3) is 0 Å². The number of carbonyl (C=O) groups excluding carboxylic acids is 3. The molecular weight excluding hydrogens is 476 g/mol. The van der Waals surface area contributed by atoms with Crippen LogP contribution in [0.1, 0.15) is 43.9 Å². The van der Waals surface area contributed by atoms with E-state index in [1.165, 1.54) is 11.3 Å². The third-order valence-electron chi connectivity index (χ3n) is 6.14. The van der Waals surface area contributed by atoms with Gasteiger partial charge in [-0.15, -0.1) is 0 Å². The summed E-state index contributed by atoms with van der Waals surface area (Å²) in [5.41, 5.74) is 6.58. The minimum atomic E-state index is -1.13. The van der Waals surface area contributed by atoms with E-state index < -0.39 is 29.4 Å². The van der Waals surface area contributed by atoms with Gasteiger partial charge in [-0.2, -0.15) is 11.3 Å². The lowest BCUT2D eigenvalue weighted by Gasteiger charge is -2.24. The molecule has 3 amide bonds. The van der Waals surface area contributed by atoms with E-state index in [0.717, 1.165) is 37.1 Å². The summed E-state index contributed by atoms with van der Waals surface area (Å²) in [5, 5.41) is 9.41. The summed E-state index contributed by atoms with van der Waals surface area (Å²) in [7, 11) is 0. The average molecular weight is 509 g/mol. The number of benzene rings is 1. The fourth-order valence-corrected chi connectivity index (χ4v) is 4.82. The third-order valence-corrected chi connectivity index (χ3v) is 6.88. The number of hydrogen-bond donors (Lipinski definition) is 3. The summed E-state index contributed by atoms with van der Waals surface area (Å²) in [6.45, 7) is 4.65. The second kappa shape index (κ2) is 11.0. The van der Waals surface area contributed by atoms with Crippen molar-refractivity contribution in [2.75, 3.05) is 18.4 Å². The lowest BCUT2D eigenvalue weighted by molar-refractivity contribution is -0.132. The molecule has 9 nitrogen and oxygen atoms in total. The van der Waals surface area contributed by atoms with Crippen LogP contribution < -0.4 is 16.4 Å². The molecule has 4 rings (SSSR count). The van der Waals surface area contributed by atoms with Crippen LogP contribution in [0.3, 0.4) is 0 Å². The minimum Gasteiger partial charge on any atom is -0.342 e. The van der Waals surface area contributed by atoms with Crippen LogP contribution in [0, 0.1) is 0 Å². The number of likely N-dealkylation sites (tertiary alicyclic amines) is 1. The van der Waals surface area contributed by atoms with E-state index in [0.29, 0.717) is 12.2 Å². The highest BCUT2D eigenvalue weighted by Crippen LogP contribution is 2.24. The maximum absolute atomic E-state index is 13.4. The first-order chi connectivity index (χ1) is 17.2. The molecule has 3 heterocycles. The van der Waals surface area contributed by atoms with Crippen LogP contribution in [0.15, 0.2) is 59.7 Å². The Hall–Kier alpha value is -3.50. The van der Waals surface area contributed by atoms with Gasteiger partial charge in [0.15, 0.2) is 5.82 Å². The van der Waals surface area contributed by atoms with Crippen LogP contribution >= 0.6 is 11.3 Å². The number of anilines is 1. The Morgan fingerprint density at radius 2 is 1.86 bits per heavy atom. The number of rotatable bonds is 9. The molecule has 0 saturated carbocycles. The number of nitrogens with zero attached hydrogens (tertiary/aromatic N) is 3. The first-order valence-electron chi connectivity index (χ1n) is 12.0. The summed E-state index contributed by atoms with van der Waals surface area (Å²) in [6, 6.07) is 10.0. The van der Waals surface area contributed by atoms with E-state index >= 15 is 0 Å². The third kappa shape index (κ3) is 6.19. The fraction of sp³-hybridized carbons (Fsp3) is 0.385. The molecule has 190 valence electrons. The molecule has 0 spiro atoms. The number of aromatic nitrogens is 2. The Morgan fingerprint density at radius 3 is 2.50 bits per heavy atom. The Morgan fingerprint density at radius 1 is 1.14 bits per heavy atom. The SMILES string of the molecule is CC(C)(N)C(=O)NC(Cc1ccsc1)C(=O)Nc1cn(C(C(=O)N2CCCC2)c2ccccc2)cn1. The quantitative estimate of drug-likeness (QED) is 0.410. The van der Waals surface area contributed by atoms with Crippen molar-refractivity contribution >= 4 is 34.9 Å². The standard InChI is InChI=1S/C26H32N6O3S/c1-26(2,27)25(35)29-20(14-18-10-13-36-16-18)23(33)30-21-15-32(17-28-21)22(19-8-4-3-5-9-19)24(34)31-11-6-7-12-31/h3-5,8-10,13,15-17,20,22H,6-7,11-12,14,27H2,1-2H3,(H,29,35)(H,30,33). The van der Waals surface area contributed by atoms with Crippen molar-refractivity contribution in [3.05, 3.63) is 70.8 Å². The zero-order valence-corrected chi connectivity index (χ0v) is 21.3. The lowest BCUT2D eigenvalue weighted by Crippen LogP contribution is -2.55. The van der Waals surface area contributed by atoms with Crippen LogP contribution in [0.4, 0.5) is 5.82 Å². The molecule has 4 N–H and O–H groups in total. The molecule has 2 aromatic heterocycles. The molecule has 1 aromatic carbocycles. The van der Waals surface area contributed by atoms with Crippen molar-refractivity contribution in [2.24, 2.45) is 5.73 Å². The normalized spacial score (nSPS) is 15.4. The van der Waals surface area contributed by atoms with Crippen LogP contribution in [-0.2, 0) is 20.8 Å². The molecule has 1 aliphatic heterocycles. The zero-order chi connectivity index (χ0) is 25.7. The first-order valence-corrected chi connectivity index (χ1v) is 13.0. The van der Waals surface area contributed by atoms with Crippen molar-refractivity contribution in [1.82, 2.24) is 19.8 Å². The monoisotopic (exact) mass is 508 g/mol. The molecule has 10 heteroatoms. The number of imidazole rings is 1. The number of thiophene rings is 1. The molecule has 2 atom stereocenters. The first kappa shape index (κ1) is 25.6. The van der Waals surface area contributed by atoms with Gasteiger partial charge < -0.3 is 25.8 Å². The fourth-order valence-electron chi connectivity index (χ4n) is 4.14. The number of nitrogens with two attached hydrogens (primary N) is 1. The predicted molar refractivity (Wildman–Crippen MR) is 139 cm³/mol. The summed E-state index contributed by atoms with van der Waals surface area (Å²) in [5.74, 6) is -0.538. The van der Waals surface area contributed by atoms with Crippen molar-refractivity contribution in [1.29, 1.82) is 0 Å². The Labute approximate surface area is 214 Å². The molecule has 1 aliphatic rings. The minimum absolute atomic E-state index is 0.00162. The molecular formula is C26H32N6O3S. The molecule has 2 unspecified atom stereocenters. The van der Waals surface area contributed by atoms with Gasteiger partial charge in [-0.1, -0.05) is 30.3 Å². The second-order valence-electron chi connectivity index (χ2n) is 9.62. The van der Waals surface area contributed by atoms with E-state index in [2.05, 4.69) is 15.6 Å². The highest BCUT2D eigenvalue weighted by Gasteiger charge is 2.31. The second-order valence-corrected chi connectivity index (χ2v) is 10.4. The number of hydrogen-bond acceptors (Lipinski definition) is 6. The van der Waals surface area contributed by atoms with Gasteiger partial charge in [0.2, 0.25) is 17.7 Å². The summed E-state index contributed by atoms with van der Waals surface area (Å²) in [6.07, 6.45) is 5.51. The van der Waals surface area contributed by atoms with Gasteiger partial charge in [0, 0.05) is 25.7 Å². The maximum atomic E-state index is 13.4. The van der Waals surface area contributed by atoms with Gasteiger partial charge in [-0.25, -0.2) is 4.98 Å². The highest BCUT2D eigenvalue weighted by molar-refractivity contribution is 7.07. The Bertz CT molecular complexity index is 1180. The van der Waals surface area contributed by atoms with Crippen LogP contribution in [0.25, 0.3) is 0 Å². The highest BCUT2D eigenvalue weighted by atomic mass is 32.1. The van der Waals surface area contributed by atoms with Gasteiger partial charge in [-0.05, 0) is 54.6 Å². The van der Waals surface area contributed by atoms with Gasteiger partial charge >= 0.3 is 0 Å². The summed E-state index contributed by atoms with van der Waals surface area (Å²) < 4.78 is 1.72. The lowest BCUT2D eigenvalue weighted by atomic mass is 10.0. The predicted octanol–water partition coefficient (Wildman–Crippen LogP) is 2.56. The Balaban J connectivity index is 1.54. The maximum Gasteiger partial charge on any atom is 0.250 e.